The highest BCUT2D eigenvalue weighted by atomic mass is 16.5. The number of anilines is 1. The standard InChI is InChI=1S/C19H22N2O3/c1-20(19(23)17-4-2-3-5-18(17)22)14-15-6-8-16(9-7-15)21-10-12-24-13-11-21/h2-9,22H,10-14H2,1H3. The molecule has 1 amide bonds. The summed E-state index contributed by atoms with van der Waals surface area (Å²) in [4.78, 5) is 16.3. The fraction of sp³-hybridized carbons (Fsp3) is 0.316. The summed E-state index contributed by atoms with van der Waals surface area (Å²) in [5.74, 6) is -0.178. The number of hydrogen-bond acceptors (Lipinski definition) is 4. The average molecular weight is 326 g/mol. The molecule has 3 rings (SSSR count). The van der Waals surface area contributed by atoms with Crippen LogP contribution in [0.1, 0.15) is 15.9 Å². The van der Waals surface area contributed by atoms with Crippen LogP contribution in [0.3, 0.4) is 0 Å². The number of rotatable bonds is 4. The van der Waals surface area contributed by atoms with Crippen LogP contribution >= 0.6 is 0 Å². The summed E-state index contributed by atoms with van der Waals surface area (Å²) in [6.07, 6.45) is 0. The second-order valence-corrected chi connectivity index (χ2v) is 5.94. The second kappa shape index (κ2) is 7.36. The maximum atomic E-state index is 12.4. The van der Waals surface area contributed by atoms with Crippen molar-refractivity contribution < 1.29 is 14.6 Å². The zero-order valence-corrected chi connectivity index (χ0v) is 13.8. The Labute approximate surface area is 142 Å². The second-order valence-electron chi connectivity index (χ2n) is 5.94. The Morgan fingerprint density at radius 3 is 2.46 bits per heavy atom. The van der Waals surface area contributed by atoms with E-state index in [1.54, 1.807) is 30.1 Å². The number of phenols is 1. The Balaban J connectivity index is 1.65. The highest BCUT2D eigenvalue weighted by Crippen LogP contribution is 2.20. The Morgan fingerprint density at radius 2 is 1.79 bits per heavy atom. The molecule has 1 heterocycles. The molecule has 0 atom stereocenters. The van der Waals surface area contributed by atoms with Gasteiger partial charge in [-0.3, -0.25) is 4.79 Å². The lowest BCUT2D eigenvalue weighted by Crippen LogP contribution is -2.36. The van der Waals surface area contributed by atoms with Gasteiger partial charge in [-0.05, 0) is 29.8 Å². The average Bonchev–Trinajstić information content (AvgIpc) is 2.63. The first-order valence-corrected chi connectivity index (χ1v) is 8.10. The Bertz CT molecular complexity index is 694. The number of phenolic OH excluding ortho intramolecular Hbond substituents is 1. The van der Waals surface area contributed by atoms with Crippen molar-refractivity contribution >= 4 is 11.6 Å². The lowest BCUT2D eigenvalue weighted by Gasteiger charge is -2.29. The van der Waals surface area contributed by atoms with E-state index in [2.05, 4.69) is 17.0 Å². The van der Waals surface area contributed by atoms with Crippen molar-refractivity contribution in [3.05, 3.63) is 59.7 Å². The number of ether oxygens (including phenoxy) is 1. The van der Waals surface area contributed by atoms with E-state index < -0.39 is 0 Å². The van der Waals surface area contributed by atoms with Crippen LogP contribution in [-0.2, 0) is 11.3 Å². The number of morpholine rings is 1. The predicted molar refractivity (Wildman–Crippen MR) is 93.4 cm³/mol. The molecule has 0 aliphatic carbocycles. The minimum atomic E-state index is -0.189. The van der Waals surface area contributed by atoms with Gasteiger partial charge < -0.3 is 19.6 Å². The van der Waals surface area contributed by atoms with E-state index in [0.29, 0.717) is 12.1 Å². The predicted octanol–water partition coefficient (Wildman–Crippen LogP) is 2.50. The van der Waals surface area contributed by atoms with Gasteiger partial charge in [0.25, 0.3) is 5.91 Å². The molecule has 2 aromatic carbocycles. The number of benzene rings is 2. The van der Waals surface area contributed by atoms with Gasteiger partial charge in [0.05, 0.1) is 18.8 Å². The minimum absolute atomic E-state index is 0.0111. The molecule has 2 aromatic rings. The summed E-state index contributed by atoms with van der Waals surface area (Å²) in [7, 11) is 1.74. The van der Waals surface area contributed by atoms with Gasteiger partial charge in [-0.2, -0.15) is 0 Å². The van der Waals surface area contributed by atoms with Crippen LogP contribution in [0.4, 0.5) is 5.69 Å². The van der Waals surface area contributed by atoms with Crippen LogP contribution in [0, 0.1) is 0 Å². The van der Waals surface area contributed by atoms with Gasteiger partial charge in [0.1, 0.15) is 5.75 Å². The Hall–Kier alpha value is -2.53. The van der Waals surface area contributed by atoms with E-state index in [1.165, 1.54) is 11.8 Å². The highest BCUT2D eigenvalue weighted by molar-refractivity contribution is 5.96. The normalized spacial score (nSPS) is 14.5. The summed E-state index contributed by atoms with van der Waals surface area (Å²) >= 11 is 0. The zero-order valence-electron chi connectivity index (χ0n) is 13.8. The van der Waals surface area contributed by atoms with Crippen LogP contribution in [0.25, 0.3) is 0 Å². The first kappa shape index (κ1) is 16.3. The smallest absolute Gasteiger partial charge is 0.257 e. The van der Waals surface area contributed by atoms with Gasteiger partial charge in [-0.15, -0.1) is 0 Å². The summed E-state index contributed by atoms with van der Waals surface area (Å²) in [5, 5.41) is 9.81. The molecule has 0 saturated carbocycles. The molecule has 0 bridgehead atoms. The van der Waals surface area contributed by atoms with Crippen molar-refractivity contribution in [3.8, 4) is 5.75 Å². The van der Waals surface area contributed by atoms with Crippen LogP contribution in [0.5, 0.6) is 5.75 Å². The van der Waals surface area contributed by atoms with Crippen molar-refractivity contribution in [1.29, 1.82) is 0 Å². The van der Waals surface area contributed by atoms with E-state index in [9.17, 15) is 9.90 Å². The minimum Gasteiger partial charge on any atom is -0.507 e. The molecule has 0 spiro atoms. The third-order valence-corrected chi connectivity index (χ3v) is 4.21. The van der Waals surface area contributed by atoms with Gasteiger partial charge in [-0.25, -0.2) is 0 Å². The molecule has 1 aliphatic heterocycles. The van der Waals surface area contributed by atoms with Gasteiger partial charge >= 0.3 is 0 Å². The third kappa shape index (κ3) is 3.68. The summed E-state index contributed by atoms with van der Waals surface area (Å²) in [6, 6.07) is 14.9. The van der Waals surface area contributed by atoms with Crippen molar-refractivity contribution in [2.75, 3.05) is 38.3 Å². The molecule has 1 fully saturated rings. The number of carbonyl (C=O) groups excluding carboxylic acids is 1. The fourth-order valence-electron chi connectivity index (χ4n) is 2.84. The molecule has 1 saturated heterocycles. The molecule has 1 aliphatic rings. The molecular weight excluding hydrogens is 304 g/mol. The molecule has 5 nitrogen and oxygen atoms in total. The van der Waals surface area contributed by atoms with Crippen LogP contribution in [-0.4, -0.2) is 49.3 Å². The lowest BCUT2D eigenvalue weighted by molar-refractivity contribution is 0.0782. The number of carbonyl (C=O) groups is 1. The maximum absolute atomic E-state index is 12.4. The van der Waals surface area contributed by atoms with Crippen LogP contribution < -0.4 is 4.90 Å². The summed E-state index contributed by atoms with van der Waals surface area (Å²) in [6.45, 7) is 3.84. The molecule has 0 aromatic heterocycles. The van der Waals surface area contributed by atoms with Gasteiger partial charge in [0.15, 0.2) is 0 Å². The first-order valence-electron chi connectivity index (χ1n) is 8.10. The number of amides is 1. The highest BCUT2D eigenvalue weighted by Gasteiger charge is 2.16. The van der Waals surface area contributed by atoms with Crippen LogP contribution in [0.2, 0.25) is 0 Å². The van der Waals surface area contributed by atoms with Gasteiger partial charge in [0.2, 0.25) is 0 Å². The number of aromatic hydroxyl groups is 1. The monoisotopic (exact) mass is 326 g/mol. The van der Waals surface area contributed by atoms with Gasteiger partial charge in [-0.1, -0.05) is 24.3 Å². The van der Waals surface area contributed by atoms with E-state index in [0.717, 1.165) is 31.9 Å². The van der Waals surface area contributed by atoms with E-state index in [-0.39, 0.29) is 11.7 Å². The Morgan fingerprint density at radius 1 is 1.12 bits per heavy atom. The largest absolute Gasteiger partial charge is 0.507 e. The van der Waals surface area contributed by atoms with Crippen molar-refractivity contribution in [1.82, 2.24) is 4.90 Å². The SMILES string of the molecule is CN(Cc1ccc(N2CCOCC2)cc1)C(=O)c1ccccc1O. The fourth-order valence-corrected chi connectivity index (χ4v) is 2.84. The first-order chi connectivity index (χ1) is 11.6. The van der Waals surface area contributed by atoms with Crippen molar-refractivity contribution in [3.63, 3.8) is 0 Å². The number of para-hydroxylation sites is 1. The zero-order chi connectivity index (χ0) is 16.9. The van der Waals surface area contributed by atoms with Crippen LogP contribution in [0.15, 0.2) is 48.5 Å². The molecular formula is C19H22N2O3. The molecule has 0 radical (unpaired) electrons. The quantitative estimate of drug-likeness (QED) is 0.938. The van der Waals surface area contributed by atoms with Crippen molar-refractivity contribution in [2.45, 2.75) is 6.54 Å². The molecule has 126 valence electrons. The number of nitrogens with zero attached hydrogens (tertiary/aromatic N) is 2. The van der Waals surface area contributed by atoms with E-state index in [1.807, 2.05) is 12.1 Å². The van der Waals surface area contributed by atoms with E-state index in [4.69, 9.17) is 4.74 Å². The Kier molecular flexibility index (Phi) is 5.01. The molecule has 0 unspecified atom stereocenters. The molecule has 24 heavy (non-hydrogen) atoms. The van der Waals surface area contributed by atoms with Gasteiger partial charge in [0, 0.05) is 32.4 Å². The van der Waals surface area contributed by atoms with E-state index >= 15 is 0 Å². The lowest BCUT2D eigenvalue weighted by atomic mass is 10.1. The molecule has 1 N–H and O–H groups in total. The molecule has 5 heteroatoms. The third-order valence-electron chi connectivity index (χ3n) is 4.21. The summed E-state index contributed by atoms with van der Waals surface area (Å²) in [5.41, 5.74) is 2.56. The summed E-state index contributed by atoms with van der Waals surface area (Å²) < 4.78 is 5.37. The maximum Gasteiger partial charge on any atom is 0.257 e. The topological polar surface area (TPSA) is 53.0 Å². The van der Waals surface area contributed by atoms with Crippen molar-refractivity contribution in [2.24, 2.45) is 0 Å². The number of hydrogen-bond donors (Lipinski definition) is 1.